The summed E-state index contributed by atoms with van der Waals surface area (Å²) in [6.07, 6.45) is 0.641. The van der Waals surface area contributed by atoms with Crippen LogP contribution in [0.4, 0.5) is 0 Å². The summed E-state index contributed by atoms with van der Waals surface area (Å²) >= 11 is 0. The number of carbonyl (C=O) groups is 1. The van der Waals surface area contributed by atoms with E-state index in [0.29, 0.717) is 6.42 Å². The first-order chi connectivity index (χ1) is 9.60. The van der Waals surface area contributed by atoms with E-state index in [1.165, 1.54) is 0 Å². The van der Waals surface area contributed by atoms with Crippen LogP contribution < -0.4 is 0 Å². The average molecular weight is 278 g/mol. The van der Waals surface area contributed by atoms with Crippen molar-refractivity contribution in [3.8, 4) is 5.75 Å². The van der Waals surface area contributed by atoms with Gasteiger partial charge < -0.3 is 10.2 Å². The van der Waals surface area contributed by atoms with Gasteiger partial charge in [-0.15, -0.1) is 0 Å². The zero-order valence-corrected chi connectivity index (χ0v) is 11.8. The number of piperazine rings is 1. The van der Waals surface area contributed by atoms with E-state index in [1.807, 2.05) is 24.0 Å². The monoisotopic (exact) mass is 278 g/mol. The molecule has 1 aromatic carbocycles. The fraction of sp³-hybridized carbons (Fsp3) is 0.533. The molecule has 1 unspecified atom stereocenters. The Hall–Kier alpha value is -1.59. The van der Waals surface area contributed by atoms with Gasteiger partial charge in [-0.3, -0.25) is 14.6 Å². The van der Waals surface area contributed by atoms with E-state index in [0.717, 1.165) is 38.3 Å². The van der Waals surface area contributed by atoms with Crippen molar-refractivity contribution in [2.75, 3.05) is 26.2 Å². The van der Waals surface area contributed by atoms with E-state index in [9.17, 15) is 15.0 Å². The number of hydrogen-bond donors (Lipinski definition) is 2. The summed E-state index contributed by atoms with van der Waals surface area (Å²) in [6.45, 7) is 6.00. The summed E-state index contributed by atoms with van der Waals surface area (Å²) in [7, 11) is 0. The van der Waals surface area contributed by atoms with E-state index >= 15 is 0 Å². The molecule has 1 saturated heterocycles. The third kappa shape index (κ3) is 3.71. The highest BCUT2D eigenvalue weighted by Crippen LogP contribution is 2.15. The molecule has 0 aromatic heterocycles. The lowest BCUT2D eigenvalue weighted by Crippen LogP contribution is -2.52. The molecule has 0 spiro atoms. The second kappa shape index (κ2) is 6.72. The first-order valence-electron chi connectivity index (χ1n) is 7.07. The van der Waals surface area contributed by atoms with Crippen molar-refractivity contribution >= 4 is 5.97 Å². The third-order valence-electron chi connectivity index (χ3n) is 3.84. The van der Waals surface area contributed by atoms with Crippen LogP contribution in [0, 0.1) is 0 Å². The molecule has 1 atom stereocenters. The van der Waals surface area contributed by atoms with Gasteiger partial charge in [0.15, 0.2) is 0 Å². The quantitative estimate of drug-likeness (QED) is 0.852. The molecular weight excluding hydrogens is 256 g/mol. The standard InChI is InChI=1S/C15H22N2O3/c1-2-14(15(19)20)17-8-6-16(7-9-17)11-12-4-3-5-13(18)10-12/h3-5,10,14,18H,2,6-9,11H2,1H3,(H,19,20). The third-order valence-corrected chi connectivity index (χ3v) is 3.84. The van der Waals surface area contributed by atoms with Crippen molar-refractivity contribution in [2.24, 2.45) is 0 Å². The van der Waals surface area contributed by atoms with E-state index in [4.69, 9.17) is 0 Å². The minimum Gasteiger partial charge on any atom is -0.508 e. The maximum atomic E-state index is 11.2. The molecule has 0 amide bonds. The lowest BCUT2D eigenvalue weighted by atomic mass is 10.1. The summed E-state index contributed by atoms with van der Waals surface area (Å²) in [4.78, 5) is 15.5. The van der Waals surface area contributed by atoms with E-state index < -0.39 is 5.97 Å². The van der Waals surface area contributed by atoms with Gasteiger partial charge in [-0.1, -0.05) is 19.1 Å². The molecule has 0 bridgehead atoms. The number of phenolic OH excluding ortho intramolecular Hbond substituents is 1. The largest absolute Gasteiger partial charge is 0.508 e. The molecule has 5 heteroatoms. The lowest BCUT2D eigenvalue weighted by Gasteiger charge is -2.37. The predicted molar refractivity (Wildman–Crippen MR) is 76.7 cm³/mol. The highest BCUT2D eigenvalue weighted by molar-refractivity contribution is 5.73. The van der Waals surface area contributed by atoms with Crippen molar-refractivity contribution in [3.05, 3.63) is 29.8 Å². The van der Waals surface area contributed by atoms with Crippen molar-refractivity contribution in [3.63, 3.8) is 0 Å². The molecule has 1 aliphatic rings. The first kappa shape index (κ1) is 14.8. The van der Waals surface area contributed by atoms with Crippen LogP contribution in [0.5, 0.6) is 5.75 Å². The summed E-state index contributed by atoms with van der Waals surface area (Å²) in [5.74, 6) is -0.438. The molecule has 1 aromatic rings. The molecule has 0 radical (unpaired) electrons. The Balaban J connectivity index is 1.86. The highest BCUT2D eigenvalue weighted by atomic mass is 16.4. The normalized spacial score (nSPS) is 18.9. The van der Waals surface area contributed by atoms with Gasteiger partial charge in [-0.05, 0) is 24.1 Å². The molecule has 110 valence electrons. The number of aliphatic carboxylic acids is 1. The van der Waals surface area contributed by atoms with Gasteiger partial charge >= 0.3 is 5.97 Å². The van der Waals surface area contributed by atoms with Crippen LogP contribution in [0.2, 0.25) is 0 Å². The van der Waals surface area contributed by atoms with Crippen molar-refractivity contribution in [1.29, 1.82) is 0 Å². The number of nitrogens with zero attached hydrogens (tertiary/aromatic N) is 2. The number of carboxylic acids is 1. The summed E-state index contributed by atoms with van der Waals surface area (Å²) in [5.41, 5.74) is 1.09. The van der Waals surface area contributed by atoms with Crippen LogP contribution in [0.3, 0.4) is 0 Å². The van der Waals surface area contributed by atoms with Gasteiger partial charge in [0.25, 0.3) is 0 Å². The Morgan fingerprint density at radius 3 is 2.55 bits per heavy atom. The van der Waals surface area contributed by atoms with Crippen LogP contribution in [0.25, 0.3) is 0 Å². The predicted octanol–water partition coefficient (Wildman–Crippen LogP) is 1.37. The molecule has 2 N–H and O–H groups in total. The molecule has 20 heavy (non-hydrogen) atoms. The maximum Gasteiger partial charge on any atom is 0.320 e. The Labute approximate surface area is 119 Å². The number of carboxylic acid groups (broad SMARTS) is 1. The Morgan fingerprint density at radius 1 is 1.30 bits per heavy atom. The molecule has 2 rings (SSSR count). The van der Waals surface area contributed by atoms with Gasteiger partial charge in [0.2, 0.25) is 0 Å². The molecule has 1 fully saturated rings. The second-order valence-electron chi connectivity index (χ2n) is 5.24. The van der Waals surface area contributed by atoms with Crippen LogP contribution in [0.1, 0.15) is 18.9 Å². The van der Waals surface area contributed by atoms with Crippen LogP contribution in [-0.2, 0) is 11.3 Å². The van der Waals surface area contributed by atoms with Gasteiger partial charge in [0.1, 0.15) is 11.8 Å². The lowest BCUT2D eigenvalue weighted by molar-refractivity contribution is -0.144. The molecule has 1 heterocycles. The Morgan fingerprint density at radius 2 is 2.00 bits per heavy atom. The van der Waals surface area contributed by atoms with Gasteiger partial charge in [0, 0.05) is 32.7 Å². The number of aromatic hydroxyl groups is 1. The van der Waals surface area contributed by atoms with E-state index in [1.54, 1.807) is 12.1 Å². The fourth-order valence-electron chi connectivity index (χ4n) is 2.74. The SMILES string of the molecule is CCC(C(=O)O)N1CCN(Cc2cccc(O)c2)CC1. The Kier molecular flexibility index (Phi) is 4.98. The van der Waals surface area contributed by atoms with Crippen LogP contribution in [0.15, 0.2) is 24.3 Å². The molecule has 5 nitrogen and oxygen atoms in total. The smallest absolute Gasteiger partial charge is 0.320 e. The van der Waals surface area contributed by atoms with Crippen LogP contribution in [-0.4, -0.2) is 58.2 Å². The first-order valence-corrected chi connectivity index (χ1v) is 7.07. The topological polar surface area (TPSA) is 64.0 Å². The minimum atomic E-state index is -0.728. The zero-order valence-electron chi connectivity index (χ0n) is 11.8. The van der Waals surface area contributed by atoms with Crippen molar-refractivity contribution in [1.82, 2.24) is 9.80 Å². The number of hydrogen-bond acceptors (Lipinski definition) is 4. The highest BCUT2D eigenvalue weighted by Gasteiger charge is 2.27. The average Bonchev–Trinajstić information content (AvgIpc) is 2.41. The van der Waals surface area contributed by atoms with Crippen molar-refractivity contribution < 1.29 is 15.0 Å². The van der Waals surface area contributed by atoms with E-state index in [2.05, 4.69) is 4.90 Å². The fourth-order valence-corrected chi connectivity index (χ4v) is 2.74. The Bertz CT molecular complexity index is 456. The van der Waals surface area contributed by atoms with E-state index in [-0.39, 0.29) is 11.8 Å². The molecule has 0 aliphatic carbocycles. The van der Waals surface area contributed by atoms with Crippen molar-refractivity contribution in [2.45, 2.75) is 25.9 Å². The molecule has 1 aliphatic heterocycles. The molecular formula is C15H22N2O3. The number of benzene rings is 1. The van der Waals surface area contributed by atoms with Gasteiger partial charge in [0.05, 0.1) is 0 Å². The summed E-state index contributed by atoms with van der Waals surface area (Å²) < 4.78 is 0. The van der Waals surface area contributed by atoms with Gasteiger partial charge in [-0.2, -0.15) is 0 Å². The number of phenols is 1. The summed E-state index contributed by atoms with van der Waals surface area (Å²) in [6, 6.07) is 6.92. The molecule has 0 saturated carbocycles. The zero-order chi connectivity index (χ0) is 14.5. The maximum absolute atomic E-state index is 11.2. The van der Waals surface area contributed by atoms with Gasteiger partial charge in [-0.25, -0.2) is 0 Å². The van der Waals surface area contributed by atoms with Crippen LogP contribution >= 0.6 is 0 Å². The summed E-state index contributed by atoms with van der Waals surface area (Å²) in [5, 5.41) is 18.6. The second-order valence-corrected chi connectivity index (χ2v) is 5.24. The minimum absolute atomic E-state index is 0.290. The number of rotatable bonds is 5.